The van der Waals surface area contributed by atoms with Crippen LogP contribution in [0.3, 0.4) is 0 Å². The minimum Gasteiger partial charge on any atom is -0.350 e. The standard InChI is InChI=1S/C13H20N2O3S/c1-4-5-10(3)15-13(16)11-7-6-9(2)12(8-11)19(14,17)18/h6-8,10H,4-5H2,1-3H3,(H,15,16)(H2,14,17,18). The highest BCUT2D eigenvalue weighted by Gasteiger charge is 2.16. The smallest absolute Gasteiger partial charge is 0.251 e. The van der Waals surface area contributed by atoms with Gasteiger partial charge in [-0.1, -0.05) is 19.4 Å². The van der Waals surface area contributed by atoms with E-state index < -0.39 is 10.0 Å². The zero-order valence-corrected chi connectivity index (χ0v) is 12.3. The van der Waals surface area contributed by atoms with Crippen LogP contribution in [0.2, 0.25) is 0 Å². The number of benzene rings is 1. The third-order valence-corrected chi connectivity index (χ3v) is 3.91. The second-order valence-corrected chi connectivity index (χ2v) is 6.22. The first-order chi connectivity index (χ1) is 8.75. The summed E-state index contributed by atoms with van der Waals surface area (Å²) in [4.78, 5) is 12.0. The Hall–Kier alpha value is -1.40. The van der Waals surface area contributed by atoms with Crippen LogP contribution in [0, 0.1) is 6.92 Å². The van der Waals surface area contributed by atoms with E-state index in [1.165, 1.54) is 6.07 Å². The van der Waals surface area contributed by atoms with E-state index in [1.54, 1.807) is 19.1 Å². The number of amides is 1. The van der Waals surface area contributed by atoms with E-state index in [-0.39, 0.29) is 16.8 Å². The van der Waals surface area contributed by atoms with Gasteiger partial charge >= 0.3 is 0 Å². The summed E-state index contributed by atoms with van der Waals surface area (Å²) in [5.74, 6) is -0.286. The number of aryl methyl sites for hydroxylation is 1. The zero-order chi connectivity index (χ0) is 14.6. The van der Waals surface area contributed by atoms with E-state index in [9.17, 15) is 13.2 Å². The first kappa shape index (κ1) is 15.7. The summed E-state index contributed by atoms with van der Waals surface area (Å²) in [6, 6.07) is 4.55. The Morgan fingerprint density at radius 3 is 2.58 bits per heavy atom. The van der Waals surface area contributed by atoms with Crippen LogP contribution in [-0.2, 0) is 10.0 Å². The lowest BCUT2D eigenvalue weighted by molar-refractivity contribution is 0.0938. The van der Waals surface area contributed by atoms with Crippen molar-refractivity contribution in [1.82, 2.24) is 5.32 Å². The highest BCUT2D eigenvalue weighted by Crippen LogP contribution is 2.15. The maximum Gasteiger partial charge on any atom is 0.251 e. The molecule has 0 saturated heterocycles. The van der Waals surface area contributed by atoms with Crippen LogP contribution in [0.5, 0.6) is 0 Å². The molecule has 0 aliphatic rings. The molecule has 0 bridgehead atoms. The fourth-order valence-electron chi connectivity index (χ4n) is 1.86. The number of hydrogen-bond donors (Lipinski definition) is 2. The van der Waals surface area contributed by atoms with Gasteiger partial charge in [0, 0.05) is 11.6 Å². The molecule has 106 valence electrons. The van der Waals surface area contributed by atoms with E-state index in [4.69, 9.17) is 5.14 Å². The Balaban J connectivity index is 3.00. The molecule has 5 nitrogen and oxygen atoms in total. The average molecular weight is 284 g/mol. The lowest BCUT2D eigenvalue weighted by Crippen LogP contribution is -2.32. The van der Waals surface area contributed by atoms with Gasteiger partial charge in [-0.25, -0.2) is 13.6 Å². The monoisotopic (exact) mass is 284 g/mol. The molecule has 0 heterocycles. The molecule has 1 amide bonds. The van der Waals surface area contributed by atoms with Crippen LogP contribution in [-0.4, -0.2) is 20.4 Å². The van der Waals surface area contributed by atoms with Gasteiger partial charge in [-0.05, 0) is 38.0 Å². The molecule has 0 aliphatic heterocycles. The number of hydrogen-bond acceptors (Lipinski definition) is 3. The van der Waals surface area contributed by atoms with Gasteiger partial charge in [-0.3, -0.25) is 4.79 Å². The second kappa shape index (κ2) is 6.16. The maximum absolute atomic E-state index is 12.0. The number of nitrogens with two attached hydrogens (primary N) is 1. The number of primary sulfonamides is 1. The molecule has 0 aromatic heterocycles. The normalized spacial score (nSPS) is 13.1. The molecular formula is C13H20N2O3S. The van der Waals surface area contributed by atoms with Crippen LogP contribution in [0.1, 0.15) is 42.6 Å². The van der Waals surface area contributed by atoms with Crippen LogP contribution < -0.4 is 10.5 Å². The van der Waals surface area contributed by atoms with Crippen molar-refractivity contribution in [2.45, 2.75) is 44.6 Å². The van der Waals surface area contributed by atoms with Gasteiger partial charge in [0.15, 0.2) is 0 Å². The molecule has 3 N–H and O–H groups in total. The molecule has 6 heteroatoms. The maximum atomic E-state index is 12.0. The third kappa shape index (κ3) is 4.33. The lowest BCUT2D eigenvalue weighted by Gasteiger charge is -2.13. The quantitative estimate of drug-likeness (QED) is 0.860. The highest BCUT2D eigenvalue weighted by molar-refractivity contribution is 7.89. The van der Waals surface area contributed by atoms with Gasteiger partial charge in [0.1, 0.15) is 0 Å². The summed E-state index contributed by atoms with van der Waals surface area (Å²) in [7, 11) is -3.81. The van der Waals surface area contributed by atoms with Crippen molar-refractivity contribution >= 4 is 15.9 Å². The molecule has 1 unspecified atom stereocenters. The average Bonchev–Trinajstić information content (AvgIpc) is 2.27. The fourth-order valence-corrected chi connectivity index (χ4v) is 2.67. The van der Waals surface area contributed by atoms with Crippen molar-refractivity contribution in [3.8, 4) is 0 Å². The third-order valence-electron chi connectivity index (χ3n) is 2.86. The minimum absolute atomic E-state index is 0.0108. The van der Waals surface area contributed by atoms with Gasteiger partial charge in [-0.2, -0.15) is 0 Å². The Morgan fingerprint density at radius 2 is 2.05 bits per heavy atom. The first-order valence-corrected chi connectivity index (χ1v) is 7.74. The minimum atomic E-state index is -3.81. The van der Waals surface area contributed by atoms with Gasteiger partial charge in [-0.15, -0.1) is 0 Å². The number of carbonyl (C=O) groups excluding carboxylic acids is 1. The van der Waals surface area contributed by atoms with Crippen molar-refractivity contribution < 1.29 is 13.2 Å². The number of sulfonamides is 1. The summed E-state index contributed by atoms with van der Waals surface area (Å²) in [6.45, 7) is 5.59. The number of carbonyl (C=O) groups is 1. The van der Waals surface area contributed by atoms with Crippen LogP contribution >= 0.6 is 0 Å². The van der Waals surface area contributed by atoms with E-state index >= 15 is 0 Å². The summed E-state index contributed by atoms with van der Waals surface area (Å²) in [5, 5.41) is 7.94. The van der Waals surface area contributed by atoms with Gasteiger partial charge < -0.3 is 5.32 Å². The lowest BCUT2D eigenvalue weighted by atomic mass is 10.1. The summed E-state index contributed by atoms with van der Waals surface area (Å²) in [5.41, 5.74) is 0.832. The largest absolute Gasteiger partial charge is 0.350 e. The van der Waals surface area contributed by atoms with E-state index in [1.807, 2.05) is 13.8 Å². The topological polar surface area (TPSA) is 89.3 Å². The number of nitrogens with one attached hydrogen (secondary N) is 1. The summed E-state index contributed by atoms with van der Waals surface area (Å²) in [6.07, 6.45) is 1.84. The molecular weight excluding hydrogens is 264 g/mol. The van der Waals surface area contributed by atoms with Gasteiger partial charge in [0.25, 0.3) is 5.91 Å². The predicted molar refractivity (Wildman–Crippen MR) is 74.4 cm³/mol. The Labute approximate surface area is 114 Å². The van der Waals surface area contributed by atoms with Crippen LogP contribution in [0.15, 0.2) is 23.1 Å². The Kier molecular flexibility index (Phi) is 5.08. The van der Waals surface area contributed by atoms with Crippen LogP contribution in [0.25, 0.3) is 0 Å². The fraction of sp³-hybridized carbons (Fsp3) is 0.462. The molecule has 1 atom stereocenters. The van der Waals surface area contributed by atoms with Crippen LogP contribution in [0.4, 0.5) is 0 Å². The predicted octanol–water partition coefficient (Wildman–Crippen LogP) is 1.56. The van der Waals surface area contributed by atoms with E-state index in [0.29, 0.717) is 11.1 Å². The molecule has 1 rings (SSSR count). The SMILES string of the molecule is CCCC(C)NC(=O)c1ccc(C)c(S(N)(=O)=O)c1. The van der Waals surface area contributed by atoms with E-state index in [2.05, 4.69) is 5.32 Å². The molecule has 0 radical (unpaired) electrons. The second-order valence-electron chi connectivity index (χ2n) is 4.69. The van der Waals surface area contributed by atoms with Crippen molar-refractivity contribution in [3.05, 3.63) is 29.3 Å². The molecule has 0 aliphatic carbocycles. The number of rotatable bonds is 5. The van der Waals surface area contributed by atoms with Crippen molar-refractivity contribution in [3.63, 3.8) is 0 Å². The summed E-state index contributed by atoms with van der Waals surface area (Å²) >= 11 is 0. The molecule has 0 spiro atoms. The molecule has 1 aromatic rings. The van der Waals surface area contributed by atoms with Crippen molar-refractivity contribution in [1.29, 1.82) is 0 Å². The van der Waals surface area contributed by atoms with Gasteiger partial charge in [0.05, 0.1) is 4.90 Å². The highest BCUT2D eigenvalue weighted by atomic mass is 32.2. The molecule has 0 fully saturated rings. The van der Waals surface area contributed by atoms with E-state index in [0.717, 1.165) is 12.8 Å². The van der Waals surface area contributed by atoms with Crippen molar-refractivity contribution in [2.75, 3.05) is 0 Å². The zero-order valence-electron chi connectivity index (χ0n) is 11.4. The van der Waals surface area contributed by atoms with Gasteiger partial charge in [0.2, 0.25) is 10.0 Å². The molecule has 1 aromatic carbocycles. The van der Waals surface area contributed by atoms with Crippen molar-refractivity contribution in [2.24, 2.45) is 5.14 Å². The molecule has 0 saturated carbocycles. The Morgan fingerprint density at radius 1 is 1.42 bits per heavy atom. The summed E-state index contributed by atoms with van der Waals surface area (Å²) < 4.78 is 22.8. The Bertz CT molecular complexity index is 567. The molecule has 19 heavy (non-hydrogen) atoms. The first-order valence-electron chi connectivity index (χ1n) is 6.20.